The number of ether oxygens (including phenoxy) is 3. The van der Waals surface area contributed by atoms with Crippen molar-refractivity contribution in [2.45, 2.75) is 18.9 Å². The third-order valence-corrected chi connectivity index (χ3v) is 5.47. The van der Waals surface area contributed by atoms with Gasteiger partial charge in [0.15, 0.2) is 23.0 Å². The lowest BCUT2D eigenvalue weighted by molar-refractivity contribution is 0.0721. The number of methoxy groups -OCH3 is 1. The number of amides is 1. The van der Waals surface area contributed by atoms with Crippen LogP contribution in [0.4, 0.5) is 4.39 Å². The average molecular weight is 410 g/mol. The first kappa shape index (κ1) is 18.5. The maximum atomic E-state index is 14.6. The van der Waals surface area contributed by atoms with E-state index in [1.54, 1.807) is 35.2 Å². The molecule has 0 radical (unpaired) electrons. The molecule has 0 aliphatic carbocycles. The third kappa shape index (κ3) is 3.04. The molecule has 0 N–H and O–H groups in total. The molecule has 1 saturated heterocycles. The van der Waals surface area contributed by atoms with Crippen molar-refractivity contribution in [3.8, 4) is 28.6 Å². The summed E-state index contributed by atoms with van der Waals surface area (Å²) in [5, 5.41) is 3.96. The van der Waals surface area contributed by atoms with Gasteiger partial charge >= 0.3 is 0 Å². The molecule has 3 heterocycles. The molecule has 0 spiro atoms. The van der Waals surface area contributed by atoms with Gasteiger partial charge in [0, 0.05) is 18.2 Å². The third-order valence-electron chi connectivity index (χ3n) is 5.47. The Labute approximate surface area is 171 Å². The molecule has 154 valence electrons. The molecular formula is C22H19FN2O5. The van der Waals surface area contributed by atoms with Crippen LogP contribution in [0.2, 0.25) is 0 Å². The average Bonchev–Trinajstić information content (AvgIpc) is 3.52. The van der Waals surface area contributed by atoms with E-state index in [-0.39, 0.29) is 24.2 Å². The van der Waals surface area contributed by atoms with Crippen molar-refractivity contribution in [3.05, 3.63) is 59.5 Å². The number of carbonyl (C=O) groups is 1. The fraction of sp³-hybridized carbons (Fsp3) is 0.273. The van der Waals surface area contributed by atoms with Gasteiger partial charge in [0.2, 0.25) is 6.79 Å². The Morgan fingerprint density at radius 1 is 1.20 bits per heavy atom. The zero-order chi connectivity index (χ0) is 20.7. The van der Waals surface area contributed by atoms with Gasteiger partial charge in [-0.25, -0.2) is 4.39 Å². The van der Waals surface area contributed by atoms with Crippen LogP contribution < -0.4 is 14.2 Å². The first-order valence-electron chi connectivity index (χ1n) is 9.66. The minimum atomic E-state index is -0.417. The molecule has 1 atom stereocenters. The van der Waals surface area contributed by atoms with Crippen molar-refractivity contribution >= 4 is 5.91 Å². The van der Waals surface area contributed by atoms with E-state index in [1.165, 1.54) is 13.2 Å². The minimum absolute atomic E-state index is 0.171. The molecule has 1 unspecified atom stereocenters. The Bertz CT molecular complexity index is 1110. The van der Waals surface area contributed by atoms with Gasteiger partial charge in [-0.15, -0.1) is 0 Å². The lowest BCUT2D eigenvalue weighted by atomic mass is 10.0. The second-order valence-corrected chi connectivity index (χ2v) is 7.16. The van der Waals surface area contributed by atoms with E-state index >= 15 is 0 Å². The quantitative estimate of drug-likeness (QED) is 0.642. The molecular weight excluding hydrogens is 391 g/mol. The van der Waals surface area contributed by atoms with Crippen LogP contribution in [0, 0.1) is 5.82 Å². The molecule has 1 aromatic heterocycles. The number of hydrogen-bond donors (Lipinski definition) is 0. The van der Waals surface area contributed by atoms with Gasteiger partial charge in [0.05, 0.1) is 18.7 Å². The predicted molar refractivity (Wildman–Crippen MR) is 104 cm³/mol. The van der Waals surface area contributed by atoms with Crippen LogP contribution in [-0.2, 0) is 0 Å². The zero-order valence-electron chi connectivity index (χ0n) is 16.3. The lowest BCUT2D eigenvalue weighted by Gasteiger charge is -2.25. The summed E-state index contributed by atoms with van der Waals surface area (Å²) in [4.78, 5) is 14.8. The summed E-state index contributed by atoms with van der Waals surface area (Å²) in [6, 6.07) is 11.2. The summed E-state index contributed by atoms with van der Waals surface area (Å²) >= 11 is 0. The number of nitrogens with zero attached hydrogens (tertiary/aromatic N) is 2. The molecule has 3 aromatic rings. The maximum Gasteiger partial charge on any atom is 0.276 e. The molecule has 8 heteroatoms. The number of halogens is 1. The summed E-state index contributed by atoms with van der Waals surface area (Å²) in [7, 11) is 1.49. The van der Waals surface area contributed by atoms with Crippen LogP contribution in [-0.4, -0.2) is 36.4 Å². The van der Waals surface area contributed by atoms with E-state index in [2.05, 4.69) is 5.16 Å². The van der Waals surface area contributed by atoms with Crippen LogP contribution in [0.25, 0.3) is 11.3 Å². The number of rotatable bonds is 4. The molecule has 2 aromatic carbocycles. The van der Waals surface area contributed by atoms with Gasteiger partial charge < -0.3 is 23.6 Å². The van der Waals surface area contributed by atoms with Crippen molar-refractivity contribution in [1.29, 1.82) is 0 Å². The summed E-state index contributed by atoms with van der Waals surface area (Å²) in [6.07, 6.45) is 1.41. The van der Waals surface area contributed by atoms with Crippen LogP contribution in [0.1, 0.15) is 34.9 Å². The summed E-state index contributed by atoms with van der Waals surface area (Å²) in [5.41, 5.74) is 1.29. The summed E-state index contributed by atoms with van der Waals surface area (Å²) < 4.78 is 36.0. The van der Waals surface area contributed by atoms with Gasteiger partial charge in [0.1, 0.15) is 11.6 Å². The predicted octanol–water partition coefficient (Wildman–Crippen LogP) is 4.20. The number of benzene rings is 2. The van der Waals surface area contributed by atoms with Crippen molar-refractivity contribution in [2.75, 3.05) is 20.4 Å². The first-order chi connectivity index (χ1) is 14.7. The molecule has 0 bridgehead atoms. The Morgan fingerprint density at radius 3 is 2.93 bits per heavy atom. The highest BCUT2D eigenvalue weighted by Crippen LogP contribution is 2.40. The molecule has 2 aliphatic heterocycles. The normalized spacial score (nSPS) is 17.4. The zero-order valence-corrected chi connectivity index (χ0v) is 16.3. The van der Waals surface area contributed by atoms with Crippen LogP contribution in [0.3, 0.4) is 0 Å². The molecule has 30 heavy (non-hydrogen) atoms. The summed E-state index contributed by atoms with van der Waals surface area (Å²) in [5.74, 6) is 1.45. The first-order valence-corrected chi connectivity index (χ1v) is 9.66. The molecule has 1 amide bonds. The largest absolute Gasteiger partial charge is 0.496 e. The van der Waals surface area contributed by atoms with Crippen LogP contribution in [0.15, 0.2) is 47.0 Å². The van der Waals surface area contributed by atoms with E-state index in [0.717, 1.165) is 12.0 Å². The number of aromatic nitrogens is 1. The number of likely N-dealkylation sites (tertiary alicyclic amines) is 1. The second kappa shape index (κ2) is 7.37. The van der Waals surface area contributed by atoms with Crippen molar-refractivity contribution in [3.63, 3.8) is 0 Å². The number of carbonyl (C=O) groups excluding carboxylic acids is 1. The monoisotopic (exact) mass is 410 g/mol. The van der Waals surface area contributed by atoms with Crippen molar-refractivity contribution in [2.24, 2.45) is 0 Å². The number of fused-ring (bicyclic) bond motifs is 1. The van der Waals surface area contributed by atoms with Gasteiger partial charge in [-0.1, -0.05) is 11.2 Å². The highest BCUT2D eigenvalue weighted by Gasteiger charge is 2.35. The topological polar surface area (TPSA) is 74.0 Å². The van der Waals surface area contributed by atoms with Gasteiger partial charge in [-0.05, 0) is 43.2 Å². The van der Waals surface area contributed by atoms with Gasteiger partial charge in [-0.2, -0.15) is 0 Å². The summed E-state index contributed by atoms with van der Waals surface area (Å²) in [6.45, 7) is 0.683. The van der Waals surface area contributed by atoms with Crippen LogP contribution >= 0.6 is 0 Å². The van der Waals surface area contributed by atoms with Crippen molar-refractivity contribution in [1.82, 2.24) is 10.1 Å². The molecule has 0 saturated carbocycles. The number of hydrogen-bond acceptors (Lipinski definition) is 6. The second-order valence-electron chi connectivity index (χ2n) is 7.16. The van der Waals surface area contributed by atoms with E-state index < -0.39 is 6.04 Å². The Morgan fingerprint density at radius 2 is 2.07 bits per heavy atom. The fourth-order valence-corrected chi connectivity index (χ4v) is 4.04. The van der Waals surface area contributed by atoms with E-state index in [9.17, 15) is 9.18 Å². The SMILES string of the molecule is COc1cccc(F)c1C1CCCN1C(=O)c1cc(-c2ccc3c(c2)OCO3)on1. The molecule has 2 aliphatic rings. The Hall–Kier alpha value is -3.55. The minimum Gasteiger partial charge on any atom is -0.496 e. The smallest absolute Gasteiger partial charge is 0.276 e. The van der Waals surface area contributed by atoms with Crippen molar-refractivity contribution < 1.29 is 27.9 Å². The maximum absolute atomic E-state index is 14.6. The van der Waals surface area contributed by atoms with E-state index in [1.807, 2.05) is 6.07 Å². The van der Waals surface area contributed by atoms with Gasteiger partial charge in [-0.3, -0.25) is 4.79 Å². The fourth-order valence-electron chi connectivity index (χ4n) is 4.04. The molecule has 1 fully saturated rings. The van der Waals surface area contributed by atoms with E-state index in [0.29, 0.717) is 41.5 Å². The Balaban J connectivity index is 1.43. The van der Waals surface area contributed by atoms with Gasteiger partial charge in [0.25, 0.3) is 5.91 Å². The standard InChI is InChI=1S/C22H19FN2O5/c1-27-18-6-2-4-14(23)21(18)16-5-3-9-25(16)22(26)15-11-19(30-24-15)13-7-8-17-20(10-13)29-12-28-17/h2,4,6-8,10-11,16H,3,5,9,12H2,1H3. The lowest BCUT2D eigenvalue weighted by Crippen LogP contribution is -2.31. The Kier molecular flexibility index (Phi) is 4.54. The molecule has 5 rings (SSSR count). The van der Waals surface area contributed by atoms with Crippen LogP contribution in [0.5, 0.6) is 17.2 Å². The highest BCUT2D eigenvalue weighted by atomic mass is 19.1. The molecule has 7 nitrogen and oxygen atoms in total. The van der Waals surface area contributed by atoms with E-state index in [4.69, 9.17) is 18.7 Å². The highest BCUT2D eigenvalue weighted by molar-refractivity contribution is 5.93.